The lowest BCUT2D eigenvalue weighted by atomic mass is 10.0. The van der Waals surface area contributed by atoms with Crippen LogP contribution < -0.4 is 10.1 Å². The summed E-state index contributed by atoms with van der Waals surface area (Å²) in [5, 5.41) is 23.8. The molecule has 1 unspecified atom stereocenters. The van der Waals surface area contributed by atoms with Crippen molar-refractivity contribution in [1.29, 1.82) is 0 Å². The third-order valence-corrected chi connectivity index (χ3v) is 6.12. The fraction of sp³-hybridized carbons (Fsp3) is 0.143. The van der Waals surface area contributed by atoms with Gasteiger partial charge in [-0.2, -0.15) is 0 Å². The molecule has 5 rings (SSSR count). The summed E-state index contributed by atoms with van der Waals surface area (Å²) in [5.41, 5.74) is 4.14. The van der Waals surface area contributed by atoms with Gasteiger partial charge in [0.15, 0.2) is 5.82 Å². The molecule has 0 saturated heterocycles. The van der Waals surface area contributed by atoms with Crippen molar-refractivity contribution < 1.29 is 14.9 Å². The maximum Gasteiger partial charge on any atom is 0.158 e. The largest absolute Gasteiger partial charge is 0.456 e. The molecule has 2 heterocycles. The van der Waals surface area contributed by atoms with Crippen molar-refractivity contribution >= 4 is 34.1 Å². The van der Waals surface area contributed by atoms with Crippen LogP contribution in [0.5, 0.6) is 11.5 Å². The van der Waals surface area contributed by atoms with Crippen molar-refractivity contribution in [2.75, 3.05) is 11.9 Å². The minimum atomic E-state index is -0.646. The highest BCUT2D eigenvalue weighted by Gasteiger charge is 2.13. The Balaban J connectivity index is 1.32. The number of rotatable bonds is 9. The standard InChI is InChI=1S/C28H25ClN4O3/c29-23-17-21(32-28-27-24(30-18-31-28)11-12-33(27)13-14-34)9-10-26(23)36-22-8-4-7-20(16-22)25(35)15-19-5-2-1-3-6-19/h1-12,16-18,25,34-35H,13-15H2,(H,30,31,32). The lowest BCUT2D eigenvalue weighted by Gasteiger charge is -2.14. The average Bonchev–Trinajstić information content (AvgIpc) is 3.31. The highest BCUT2D eigenvalue weighted by atomic mass is 35.5. The Bertz CT molecular complexity index is 1470. The normalized spacial score (nSPS) is 12.0. The van der Waals surface area contributed by atoms with Crippen LogP contribution in [0.1, 0.15) is 17.2 Å². The first-order chi connectivity index (χ1) is 17.6. The van der Waals surface area contributed by atoms with Gasteiger partial charge < -0.3 is 24.8 Å². The van der Waals surface area contributed by atoms with Crippen LogP contribution in [-0.4, -0.2) is 31.4 Å². The Kier molecular flexibility index (Phi) is 7.13. The molecule has 0 aliphatic heterocycles. The third kappa shape index (κ3) is 5.33. The zero-order valence-electron chi connectivity index (χ0n) is 19.4. The minimum absolute atomic E-state index is 0.0143. The molecular formula is C28H25ClN4O3. The number of nitrogens with one attached hydrogen (secondary N) is 1. The van der Waals surface area contributed by atoms with E-state index in [0.29, 0.717) is 35.3 Å². The van der Waals surface area contributed by atoms with E-state index in [9.17, 15) is 10.2 Å². The van der Waals surface area contributed by atoms with Gasteiger partial charge in [0.05, 0.1) is 23.3 Å². The van der Waals surface area contributed by atoms with Crippen molar-refractivity contribution in [3.8, 4) is 11.5 Å². The maximum atomic E-state index is 10.7. The van der Waals surface area contributed by atoms with Gasteiger partial charge in [-0.05, 0) is 47.5 Å². The summed E-state index contributed by atoms with van der Waals surface area (Å²) >= 11 is 6.55. The average molecular weight is 501 g/mol. The lowest BCUT2D eigenvalue weighted by Crippen LogP contribution is -2.04. The molecular weight excluding hydrogens is 476 g/mol. The zero-order valence-corrected chi connectivity index (χ0v) is 20.1. The Morgan fingerprint density at radius 3 is 2.64 bits per heavy atom. The van der Waals surface area contributed by atoms with E-state index in [1.54, 1.807) is 12.1 Å². The van der Waals surface area contributed by atoms with Gasteiger partial charge in [0, 0.05) is 24.8 Å². The first-order valence-corrected chi connectivity index (χ1v) is 12.0. The SMILES string of the molecule is OCCn1ccc2ncnc(Nc3ccc(Oc4cccc(C(O)Cc5ccccc5)c4)c(Cl)c3)c21. The number of ether oxygens (including phenoxy) is 1. The van der Waals surface area contributed by atoms with Gasteiger partial charge in [0.1, 0.15) is 23.3 Å². The number of aliphatic hydroxyl groups excluding tert-OH is 2. The van der Waals surface area contributed by atoms with Crippen LogP contribution in [0, 0.1) is 0 Å². The molecule has 0 aliphatic carbocycles. The summed E-state index contributed by atoms with van der Waals surface area (Å²) in [6, 6.07) is 24.5. The second-order valence-corrected chi connectivity index (χ2v) is 8.75. The number of aromatic nitrogens is 3. The van der Waals surface area contributed by atoms with Crippen LogP contribution in [0.25, 0.3) is 11.0 Å². The third-order valence-electron chi connectivity index (χ3n) is 5.83. The molecule has 5 aromatic rings. The van der Waals surface area contributed by atoms with Crippen LogP contribution in [-0.2, 0) is 13.0 Å². The molecule has 2 aromatic heterocycles. The van der Waals surface area contributed by atoms with E-state index >= 15 is 0 Å². The number of aliphatic hydroxyl groups is 2. The smallest absolute Gasteiger partial charge is 0.158 e. The summed E-state index contributed by atoms with van der Waals surface area (Å²) < 4.78 is 7.93. The van der Waals surface area contributed by atoms with E-state index in [4.69, 9.17) is 16.3 Å². The highest BCUT2D eigenvalue weighted by Crippen LogP contribution is 2.34. The second-order valence-electron chi connectivity index (χ2n) is 8.34. The Morgan fingerprint density at radius 2 is 1.83 bits per heavy atom. The van der Waals surface area contributed by atoms with E-state index in [0.717, 1.165) is 27.8 Å². The van der Waals surface area contributed by atoms with E-state index < -0.39 is 6.10 Å². The molecule has 3 aromatic carbocycles. The number of fused-ring (bicyclic) bond motifs is 1. The molecule has 0 bridgehead atoms. The second kappa shape index (κ2) is 10.8. The molecule has 36 heavy (non-hydrogen) atoms. The van der Waals surface area contributed by atoms with Crippen LogP contribution in [0.15, 0.2) is 91.4 Å². The number of hydrogen-bond acceptors (Lipinski definition) is 6. The Labute approximate surface area is 213 Å². The highest BCUT2D eigenvalue weighted by molar-refractivity contribution is 6.32. The number of anilines is 2. The molecule has 0 aliphatic rings. The summed E-state index contributed by atoms with van der Waals surface area (Å²) in [5.74, 6) is 1.69. The first-order valence-electron chi connectivity index (χ1n) is 11.6. The number of nitrogens with zero attached hydrogens (tertiary/aromatic N) is 3. The fourth-order valence-corrected chi connectivity index (χ4v) is 4.30. The Hall–Kier alpha value is -3.91. The van der Waals surface area contributed by atoms with Gasteiger partial charge in [-0.15, -0.1) is 0 Å². The van der Waals surface area contributed by atoms with Gasteiger partial charge in [-0.3, -0.25) is 0 Å². The molecule has 7 nitrogen and oxygen atoms in total. The lowest BCUT2D eigenvalue weighted by molar-refractivity contribution is 0.178. The molecule has 0 saturated carbocycles. The van der Waals surface area contributed by atoms with Crippen LogP contribution in [0.2, 0.25) is 5.02 Å². The fourth-order valence-electron chi connectivity index (χ4n) is 4.08. The molecule has 0 fully saturated rings. The molecule has 8 heteroatoms. The summed E-state index contributed by atoms with van der Waals surface area (Å²) in [6.45, 7) is 0.457. The summed E-state index contributed by atoms with van der Waals surface area (Å²) in [6.07, 6.45) is 3.23. The maximum absolute atomic E-state index is 10.7. The number of halogens is 1. The van der Waals surface area contributed by atoms with Crippen molar-refractivity contribution in [2.45, 2.75) is 19.1 Å². The minimum Gasteiger partial charge on any atom is -0.456 e. The molecule has 0 spiro atoms. The van der Waals surface area contributed by atoms with Gasteiger partial charge >= 0.3 is 0 Å². The van der Waals surface area contributed by atoms with Gasteiger partial charge in [-0.1, -0.05) is 54.1 Å². The van der Waals surface area contributed by atoms with Gasteiger partial charge in [0.25, 0.3) is 0 Å². The van der Waals surface area contributed by atoms with E-state index in [1.165, 1.54) is 6.33 Å². The van der Waals surface area contributed by atoms with Gasteiger partial charge in [0.2, 0.25) is 0 Å². The van der Waals surface area contributed by atoms with Crippen LogP contribution in [0.4, 0.5) is 11.5 Å². The molecule has 1 atom stereocenters. The topological polar surface area (TPSA) is 92.4 Å². The molecule has 0 radical (unpaired) electrons. The molecule has 0 amide bonds. The van der Waals surface area contributed by atoms with E-state index in [1.807, 2.05) is 77.5 Å². The quantitative estimate of drug-likeness (QED) is 0.234. The van der Waals surface area contributed by atoms with E-state index in [-0.39, 0.29) is 6.61 Å². The van der Waals surface area contributed by atoms with Crippen molar-refractivity contribution in [2.24, 2.45) is 0 Å². The Morgan fingerprint density at radius 1 is 0.972 bits per heavy atom. The van der Waals surface area contributed by atoms with E-state index in [2.05, 4.69) is 15.3 Å². The van der Waals surface area contributed by atoms with Crippen molar-refractivity contribution in [3.05, 3.63) is 108 Å². The van der Waals surface area contributed by atoms with Crippen molar-refractivity contribution in [3.63, 3.8) is 0 Å². The first kappa shape index (κ1) is 23.8. The van der Waals surface area contributed by atoms with Crippen LogP contribution in [0.3, 0.4) is 0 Å². The predicted octanol–water partition coefficient (Wildman–Crippen LogP) is 5.89. The molecule has 182 valence electrons. The molecule has 3 N–H and O–H groups in total. The summed E-state index contributed by atoms with van der Waals surface area (Å²) in [4.78, 5) is 8.66. The monoisotopic (exact) mass is 500 g/mol. The number of hydrogen-bond donors (Lipinski definition) is 3. The summed E-state index contributed by atoms with van der Waals surface area (Å²) in [7, 11) is 0. The predicted molar refractivity (Wildman–Crippen MR) is 141 cm³/mol. The number of benzene rings is 3. The van der Waals surface area contributed by atoms with Crippen molar-refractivity contribution in [1.82, 2.24) is 14.5 Å². The van der Waals surface area contributed by atoms with Gasteiger partial charge in [-0.25, -0.2) is 9.97 Å². The van der Waals surface area contributed by atoms with Crippen LogP contribution >= 0.6 is 11.6 Å². The zero-order chi connectivity index (χ0) is 24.9.